The fraction of sp³-hybridized carbons (Fsp3) is 0.667. The lowest BCUT2D eigenvalue weighted by molar-refractivity contribution is 0.301. The maximum Gasteiger partial charge on any atom is 0.0327 e. The van der Waals surface area contributed by atoms with Gasteiger partial charge < -0.3 is 5.32 Å². The molecule has 2 unspecified atom stereocenters. The minimum atomic E-state index is 0.739. The monoisotopic (exact) mass is 287 g/mol. The molecule has 1 saturated carbocycles. The quantitative estimate of drug-likeness (QED) is 0.880. The van der Waals surface area contributed by atoms with E-state index in [9.17, 15) is 0 Å². The molecule has 1 aromatic heterocycles. The van der Waals surface area contributed by atoms with E-state index in [-0.39, 0.29) is 0 Å². The molecule has 0 amide bonds. The zero-order valence-corrected chi connectivity index (χ0v) is 11.5. The SMILES string of the molecule is CC1CCCC(NCc2sccc2Br)C1. The summed E-state index contributed by atoms with van der Waals surface area (Å²) in [4.78, 5) is 1.42. The maximum absolute atomic E-state index is 3.68. The normalized spacial score (nSPS) is 26.8. The van der Waals surface area contributed by atoms with Crippen LogP contribution >= 0.6 is 27.3 Å². The lowest BCUT2D eigenvalue weighted by Gasteiger charge is -2.27. The highest BCUT2D eigenvalue weighted by molar-refractivity contribution is 9.10. The van der Waals surface area contributed by atoms with Gasteiger partial charge in [-0.2, -0.15) is 0 Å². The third-order valence-electron chi connectivity index (χ3n) is 3.18. The molecular formula is C12H18BrNS. The van der Waals surface area contributed by atoms with Gasteiger partial charge in [-0.1, -0.05) is 19.8 Å². The van der Waals surface area contributed by atoms with Crippen molar-refractivity contribution in [3.63, 3.8) is 0 Å². The topological polar surface area (TPSA) is 12.0 Å². The van der Waals surface area contributed by atoms with E-state index in [0.717, 1.165) is 18.5 Å². The molecular weight excluding hydrogens is 270 g/mol. The molecule has 0 aliphatic heterocycles. The lowest BCUT2D eigenvalue weighted by atomic mass is 9.87. The second-order valence-electron chi connectivity index (χ2n) is 4.54. The van der Waals surface area contributed by atoms with Crippen molar-refractivity contribution in [2.24, 2.45) is 5.92 Å². The van der Waals surface area contributed by atoms with Gasteiger partial charge in [-0.15, -0.1) is 11.3 Å². The Balaban J connectivity index is 1.80. The molecule has 1 N–H and O–H groups in total. The van der Waals surface area contributed by atoms with Crippen molar-refractivity contribution in [1.29, 1.82) is 0 Å². The first-order valence-electron chi connectivity index (χ1n) is 5.71. The standard InChI is InChI=1S/C12H18BrNS/c1-9-3-2-4-10(7-9)14-8-12-11(13)5-6-15-12/h5-6,9-10,14H,2-4,7-8H2,1H3. The maximum atomic E-state index is 3.68. The van der Waals surface area contributed by atoms with Crippen molar-refractivity contribution < 1.29 is 0 Å². The summed E-state index contributed by atoms with van der Waals surface area (Å²) in [6.07, 6.45) is 5.52. The number of hydrogen-bond donors (Lipinski definition) is 1. The lowest BCUT2D eigenvalue weighted by Crippen LogP contribution is -2.32. The molecule has 1 fully saturated rings. The van der Waals surface area contributed by atoms with Crippen molar-refractivity contribution in [2.75, 3.05) is 0 Å². The average Bonchev–Trinajstić information content (AvgIpc) is 2.61. The van der Waals surface area contributed by atoms with Gasteiger partial charge in [0.15, 0.2) is 0 Å². The fourth-order valence-electron chi connectivity index (χ4n) is 2.31. The van der Waals surface area contributed by atoms with E-state index in [2.05, 4.69) is 39.6 Å². The summed E-state index contributed by atoms with van der Waals surface area (Å²) in [7, 11) is 0. The van der Waals surface area contributed by atoms with E-state index >= 15 is 0 Å². The molecule has 15 heavy (non-hydrogen) atoms. The van der Waals surface area contributed by atoms with Gasteiger partial charge in [-0.05, 0) is 46.1 Å². The molecule has 1 aliphatic carbocycles. The number of rotatable bonds is 3. The van der Waals surface area contributed by atoms with Gasteiger partial charge in [0.1, 0.15) is 0 Å². The predicted octanol–water partition coefficient (Wildman–Crippen LogP) is 4.18. The Labute approximate surface area is 104 Å². The third-order valence-corrected chi connectivity index (χ3v) is 5.11. The Morgan fingerprint density at radius 2 is 2.40 bits per heavy atom. The van der Waals surface area contributed by atoms with Crippen molar-refractivity contribution in [2.45, 2.75) is 45.2 Å². The molecule has 1 aliphatic rings. The minimum absolute atomic E-state index is 0.739. The van der Waals surface area contributed by atoms with Crippen LogP contribution < -0.4 is 5.32 Å². The van der Waals surface area contributed by atoms with E-state index < -0.39 is 0 Å². The van der Waals surface area contributed by atoms with Crippen molar-refractivity contribution in [3.05, 3.63) is 20.8 Å². The molecule has 0 aromatic carbocycles. The molecule has 0 spiro atoms. The van der Waals surface area contributed by atoms with Crippen LogP contribution in [0, 0.1) is 5.92 Å². The number of halogens is 1. The molecule has 2 atom stereocenters. The second-order valence-corrected chi connectivity index (χ2v) is 6.40. The summed E-state index contributed by atoms with van der Waals surface area (Å²) in [5, 5.41) is 5.82. The van der Waals surface area contributed by atoms with Crippen LogP contribution in [0.25, 0.3) is 0 Å². The Bertz CT molecular complexity index is 310. The Morgan fingerprint density at radius 1 is 1.53 bits per heavy atom. The summed E-state index contributed by atoms with van der Waals surface area (Å²) < 4.78 is 1.25. The molecule has 84 valence electrons. The van der Waals surface area contributed by atoms with E-state index in [1.54, 1.807) is 0 Å². The number of nitrogens with one attached hydrogen (secondary N) is 1. The highest BCUT2D eigenvalue weighted by Crippen LogP contribution is 2.26. The van der Waals surface area contributed by atoms with Gasteiger partial charge in [0, 0.05) is 21.9 Å². The molecule has 0 saturated heterocycles. The minimum Gasteiger partial charge on any atom is -0.309 e. The van der Waals surface area contributed by atoms with Crippen LogP contribution in [0.1, 0.15) is 37.5 Å². The highest BCUT2D eigenvalue weighted by Gasteiger charge is 2.18. The van der Waals surface area contributed by atoms with E-state index in [1.165, 1.54) is 35.0 Å². The largest absolute Gasteiger partial charge is 0.309 e. The first-order valence-corrected chi connectivity index (χ1v) is 7.38. The fourth-order valence-corrected chi connectivity index (χ4v) is 3.75. The smallest absolute Gasteiger partial charge is 0.0327 e. The number of thiophene rings is 1. The zero-order chi connectivity index (χ0) is 10.7. The first-order chi connectivity index (χ1) is 7.25. The Hall–Kier alpha value is 0.140. The van der Waals surface area contributed by atoms with Gasteiger partial charge in [0.25, 0.3) is 0 Å². The van der Waals surface area contributed by atoms with Gasteiger partial charge in [0.05, 0.1) is 0 Å². The molecule has 3 heteroatoms. The van der Waals surface area contributed by atoms with Crippen LogP contribution in [0.4, 0.5) is 0 Å². The molecule has 0 radical (unpaired) electrons. The van der Waals surface area contributed by atoms with Crippen LogP contribution in [0.15, 0.2) is 15.9 Å². The van der Waals surface area contributed by atoms with Crippen molar-refractivity contribution >= 4 is 27.3 Å². The predicted molar refractivity (Wildman–Crippen MR) is 70.3 cm³/mol. The molecule has 1 heterocycles. The van der Waals surface area contributed by atoms with Gasteiger partial charge >= 0.3 is 0 Å². The van der Waals surface area contributed by atoms with E-state index in [0.29, 0.717) is 0 Å². The molecule has 1 aromatic rings. The van der Waals surface area contributed by atoms with E-state index in [4.69, 9.17) is 0 Å². The Morgan fingerprint density at radius 3 is 3.07 bits per heavy atom. The molecule has 1 nitrogen and oxygen atoms in total. The summed E-state index contributed by atoms with van der Waals surface area (Å²) in [5.74, 6) is 0.906. The molecule has 2 rings (SSSR count). The van der Waals surface area contributed by atoms with Crippen LogP contribution in [-0.4, -0.2) is 6.04 Å². The highest BCUT2D eigenvalue weighted by atomic mass is 79.9. The molecule has 0 bridgehead atoms. The summed E-state index contributed by atoms with van der Waals surface area (Å²) in [6, 6.07) is 2.87. The van der Waals surface area contributed by atoms with Crippen LogP contribution in [-0.2, 0) is 6.54 Å². The summed E-state index contributed by atoms with van der Waals surface area (Å²) in [6.45, 7) is 3.39. The number of hydrogen-bond acceptors (Lipinski definition) is 2. The Kier molecular flexibility index (Phi) is 4.23. The van der Waals surface area contributed by atoms with E-state index in [1.807, 2.05) is 11.3 Å². The van der Waals surface area contributed by atoms with Gasteiger partial charge in [-0.3, -0.25) is 0 Å². The summed E-state index contributed by atoms with van der Waals surface area (Å²) >= 11 is 5.40. The third kappa shape index (κ3) is 3.30. The van der Waals surface area contributed by atoms with Gasteiger partial charge in [0.2, 0.25) is 0 Å². The zero-order valence-electron chi connectivity index (χ0n) is 9.13. The van der Waals surface area contributed by atoms with Crippen LogP contribution in [0.5, 0.6) is 0 Å². The van der Waals surface area contributed by atoms with Crippen molar-refractivity contribution in [1.82, 2.24) is 5.32 Å². The first kappa shape index (κ1) is 11.6. The van der Waals surface area contributed by atoms with Crippen LogP contribution in [0.3, 0.4) is 0 Å². The van der Waals surface area contributed by atoms with Crippen LogP contribution in [0.2, 0.25) is 0 Å². The summed E-state index contributed by atoms with van der Waals surface area (Å²) in [5.41, 5.74) is 0. The van der Waals surface area contributed by atoms with Crippen molar-refractivity contribution in [3.8, 4) is 0 Å². The van der Waals surface area contributed by atoms with Gasteiger partial charge in [-0.25, -0.2) is 0 Å². The second kappa shape index (κ2) is 5.46. The average molecular weight is 288 g/mol.